The van der Waals surface area contributed by atoms with E-state index in [1.54, 1.807) is 11.8 Å². The molecule has 202 valence electrons. The van der Waals surface area contributed by atoms with Crippen LogP contribution in [0.2, 0.25) is 0 Å². The molecule has 6 rings (SSSR count). The average molecular weight is 510 g/mol. The van der Waals surface area contributed by atoms with E-state index in [-0.39, 0.29) is 23.3 Å². The molecule has 0 amide bonds. The lowest BCUT2D eigenvalue weighted by Crippen LogP contribution is -2.58. The lowest BCUT2D eigenvalue weighted by molar-refractivity contribution is -0.175. The highest BCUT2D eigenvalue weighted by atomic mass is 16.5. The molecule has 1 heterocycles. The number of fused-ring (bicyclic) bond motifs is 6. The monoisotopic (exact) mass is 509 g/mol. The average Bonchev–Trinajstić information content (AvgIpc) is 3.44. The molecule has 1 aromatic heterocycles. The molecule has 4 aliphatic carbocycles. The van der Waals surface area contributed by atoms with Crippen molar-refractivity contribution in [1.82, 2.24) is 15.0 Å². The first-order chi connectivity index (χ1) is 17.7. The molecule has 0 spiro atoms. The Bertz CT molecular complexity index is 1180. The number of hydrogen-bond donors (Lipinski definition) is 1. The van der Waals surface area contributed by atoms with Crippen molar-refractivity contribution in [2.45, 2.75) is 83.8 Å². The van der Waals surface area contributed by atoms with Crippen LogP contribution in [0.3, 0.4) is 0 Å². The molecular weight excluding hydrogens is 466 g/mol. The number of carbonyl (C=O) groups is 1. The number of rotatable bonds is 6. The topological polar surface area (TPSA) is 86.5 Å². The van der Waals surface area contributed by atoms with E-state index in [1.165, 1.54) is 19.3 Å². The molecule has 2 aromatic rings. The molecule has 8 unspecified atom stereocenters. The van der Waals surface area contributed by atoms with Crippen LogP contribution in [0.25, 0.3) is 11.0 Å². The summed E-state index contributed by atoms with van der Waals surface area (Å²) in [7, 11) is 3.48. The predicted octanol–water partition coefficient (Wildman–Crippen LogP) is 5.05. The second-order valence-electron chi connectivity index (χ2n) is 13.2. The Morgan fingerprint density at radius 1 is 1.08 bits per heavy atom. The van der Waals surface area contributed by atoms with Gasteiger partial charge in [-0.15, -0.1) is 5.10 Å². The number of nitrogens with zero attached hydrogens (tertiary/aromatic N) is 3. The van der Waals surface area contributed by atoms with E-state index in [0.717, 1.165) is 50.6 Å². The van der Waals surface area contributed by atoms with Gasteiger partial charge >= 0.3 is 0 Å². The largest absolute Gasteiger partial charge is 0.494 e. The zero-order valence-electron chi connectivity index (χ0n) is 22.9. The van der Waals surface area contributed by atoms with E-state index in [1.807, 2.05) is 32.2 Å². The summed E-state index contributed by atoms with van der Waals surface area (Å²) in [6, 6.07) is 5.77. The van der Waals surface area contributed by atoms with Crippen LogP contribution in [0, 0.1) is 40.4 Å². The van der Waals surface area contributed by atoms with Crippen molar-refractivity contribution < 1.29 is 19.4 Å². The lowest BCUT2D eigenvalue weighted by atomic mass is 9.43. The fourth-order valence-electron chi connectivity index (χ4n) is 9.82. The molecule has 0 aliphatic heterocycles. The SMILES string of the molecule is COCC12CCC(C)(O)CC1CCC1C3CCC(C(=O)Cn4nnc5c(OC)cccc54)C3(C)CCC12. The Balaban J connectivity index is 1.23. The summed E-state index contributed by atoms with van der Waals surface area (Å²) in [5.41, 5.74) is 1.25. The fraction of sp³-hybridized carbons (Fsp3) is 0.767. The van der Waals surface area contributed by atoms with Gasteiger partial charge in [0.15, 0.2) is 11.3 Å². The summed E-state index contributed by atoms with van der Waals surface area (Å²) in [4.78, 5) is 13.8. The molecule has 4 aliphatic rings. The smallest absolute Gasteiger partial charge is 0.157 e. The molecule has 7 heteroatoms. The van der Waals surface area contributed by atoms with Crippen LogP contribution < -0.4 is 4.74 Å². The number of aliphatic hydroxyl groups is 1. The molecule has 4 fully saturated rings. The number of methoxy groups -OCH3 is 2. The van der Waals surface area contributed by atoms with Gasteiger partial charge in [0.2, 0.25) is 0 Å². The van der Waals surface area contributed by atoms with Gasteiger partial charge < -0.3 is 14.6 Å². The van der Waals surface area contributed by atoms with E-state index in [9.17, 15) is 9.90 Å². The first kappa shape index (κ1) is 25.3. The molecule has 0 saturated heterocycles. The minimum atomic E-state index is -0.543. The highest BCUT2D eigenvalue weighted by molar-refractivity contribution is 5.85. The van der Waals surface area contributed by atoms with Crippen molar-refractivity contribution >= 4 is 16.8 Å². The quantitative estimate of drug-likeness (QED) is 0.587. The first-order valence-electron chi connectivity index (χ1n) is 14.3. The highest BCUT2D eigenvalue weighted by Gasteiger charge is 2.63. The van der Waals surface area contributed by atoms with Crippen molar-refractivity contribution in [2.24, 2.45) is 40.4 Å². The number of carbonyl (C=O) groups excluding carboxylic acids is 1. The van der Waals surface area contributed by atoms with Crippen LogP contribution in [0.5, 0.6) is 5.75 Å². The number of benzene rings is 1. The maximum absolute atomic E-state index is 13.8. The molecule has 1 aromatic carbocycles. The Labute approximate surface area is 220 Å². The standard InChI is InChI=1S/C30H43N3O4/c1-28(35)14-15-30(18-36-3)19(16-28)8-9-20-21-10-11-23(29(21,2)13-12-22(20)30)25(34)17-33-24-6-5-7-26(37-4)27(24)31-32-33/h5-7,19-23,35H,8-18H2,1-4H3. The van der Waals surface area contributed by atoms with E-state index >= 15 is 0 Å². The van der Waals surface area contributed by atoms with Gasteiger partial charge in [0.05, 0.1) is 24.8 Å². The Hall–Kier alpha value is -1.99. The van der Waals surface area contributed by atoms with Crippen molar-refractivity contribution in [3.8, 4) is 5.75 Å². The Kier molecular flexibility index (Phi) is 6.18. The van der Waals surface area contributed by atoms with Crippen LogP contribution in [0.4, 0.5) is 0 Å². The minimum Gasteiger partial charge on any atom is -0.494 e. The van der Waals surface area contributed by atoms with Crippen molar-refractivity contribution in [2.75, 3.05) is 20.8 Å². The van der Waals surface area contributed by atoms with Gasteiger partial charge in [-0.1, -0.05) is 18.2 Å². The van der Waals surface area contributed by atoms with Crippen LogP contribution in [-0.2, 0) is 16.1 Å². The van der Waals surface area contributed by atoms with Crippen molar-refractivity contribution in [3.05, 3.63) is 18.2 Å². The van der Waals surface area contributed by atoms with Crippen molar-refractivity contribution in [1.29, 1.82) is 0 Å². The lowest BCUT2D eigenvalue weighted by Gasteiger charge is -2.62. The maximum atomic E-state index is 13.8. The van der Waals surface area contributed by atoms with E-state index < -0.39 is 5.60 Å². The van der Waals surface area contributed by atoms with Crippen LogP contribution in [0.1, 0.15) is 71.6 Å². The third-order valence-corrected chi connectivity index (χ3v) is 11.5. The van der Waals surface area contributed by atoms with Gasteiger partial charge in [0.25, 0.3) is 0 Å². The van der Waals surface area contributed by atoms with Gasteiger partial charge in [-0.3, -0.25) is 4.79 Å². The van der Waals surface area contributed by atoms with E-state index in [0.29, 0.717) is 40.7 Å². The number of ether oxygens (including phenoxy) is 2. The summed E-state index contributed by atoms with van der Waals surface area (Å²) >= 11 is 0. The number of ketones is 1. The van der Waals surface area contributed by atoms with Gasteiger partial charge in [-0.2, -0.15) is 0 Å². The van der Waals surface area contributed by atoms with E-state index in [4.69, 9.17) is 9.47 Å². The van der Waals surface area contributed by atoms with Gasteiger partial charge in [-0.05, 0) is 111 Å². The number of Topliss-reactive ketones (excluding diaryl/α,β-unsaturated/α-hetero) is 1. The summed E-state index contributed by atoms with van der Waals surface area (Å²) < 4.78 is 13.1. The van der Waals surface area contributed by atoms with Gasteiger partial charge in [0, 0.05) is 13.0 Å². The Morgan fingerprint density at radius 2 is 1.92 bits per heavy atom. The molecule has 1 N–H and O–H groups in total. The van der Waals surface area contributed by atoms with Gasteiger partial charge in [-0.25, -0.2) is 4.68 Å². The summed E-state index contributed by atoms with van der Waals surface area (Å²) in [6.45, 7) is 5.51. The second-order valence-corrected chi connectivity index (χ2v) is 13.2. The van der Waals surface area contributed by atoms with E-state index in [2.05, 4.69) is 17.2 Å². The summed E-state index contributed by atoms with van der Waals surface area (Å²) in [5, 5.41) is 19.5. The van der Waals surface area contributed by atoms with Crippen LogP contribution >= 0.6 is 0 Å². The highest BCUT2D eigenvalue weighted by Crippen LogP contribution is 2.68. The fourth-order valence-corrected chi connectivity index (χ4v) is 9.82. The molecule has 7 nitrogen and oxygen atoms in total. The van der Waals surface area contributed by atoms with Crippen LogP contribution in [0.15, 0.2) is 18.2 Å². The molecule has 8 atom stereocenters. The maximum Gasteiger partial charge on any atom is 0.157 e. The summed E-state index contributed by atoms with van der Waals surface area (Å²) in [5.74, 6) is 3.48. The van der Waals surface area contributed by atoms with Crippen LogP contribution in [-0.4, -0.2) is 52.3 Å². The summed E-state index contributed by atoms with van der Waals surface area (Å²) in [6.07, 6.45) is 9.65. The third kappa shape index (κ3) is 3.86. The second kappa shape index (κ2) is 9.04. The molecule has 37 heavy (non-hydrogen) atoms. The molecule has 4 saturated carbocycles. The number of hydrogen-bond acceptors (Lipinski definition) is 6. The molecule has 0 radical (unpaired) electrons. The molecule has 0 bridgehead atoms. The zero-order valence-corrected chi connectivity index (χ0v) is 22.9. The minimum absolute atomic E-state index is 0.0492. The first-order valence-corrected chi connectivity index (χ1v) is 14.3. The van der Waals surface area contributed by atoms with Crippen molar-refractivity contribution in [3.63, 3.8) is 0 Å². The van der Waals surface area contributed by atoms with Gasteiger partial charge in [0.1, 0.15) is 12.3 Å². The predicted molar refractivity (Wildman–Crippen MR) is 141 cm³/mol. The number of aromatic nitrogens is 3. The Morgan fingerprint density at radius 3 is 2.70 bits per heavy atom. The molecular formula is C30H43N3O4. The zero-order chi connectivity index (χ0) is 26.0. The normalized spacial score (nSPS) is 41.2. The third-order valence-electron chi connectivity index (χ3n) is 11.5.